The van der Waals surface area contributed by atoms with Crippen LogP contribution in [0.4, 0.5) is 0 Å². The zero-order chi connectivity index (χ0) is 10.8. The third-order valence-electron chi connectivity index (χ3n) is 1.75. The second-order valence-corrected chi connectivity index (χ2v) is 8.95. The predicted molar refractivity (Wildman–Crippen MR) is 65.1 cm³/mol. The Balaban J connectivity index is 2.89. The maximum Gasteiger partial charge on any atom is 0.242 e. The molecule has 0 aromatic heterocycles. The van der Waals surface area contributed by atoms with Crippen LogP contribution >= 0.6 is 0 Å². The van der Waals surface area contributed by atoms with Crippen LogP contribution in [0, 0.1) is 0 Å². The highest BCUT2D eigenvalue weighted by molar-refractivity contribution is 6.70. The maximum absolute atomic E-state index is 5.89. The van der Waals surface area contributed by atoms with Gasteiger partial charge in [0.05, 0.1) is 0 Å². The molecule has 0 bridgehead atoms. The summed E-state index contributed by atoms with van der Waals surface area (Å²) in [5.41, 5.74) is 2.23. The van der Waals surface area contributed by atoms with E-state index >= 15 is 0 Å². The van der Waals surface area contributed by atoms with Gasteiger partial charge in [-0.1, -0.05) is 24.3 Å². The summed E-state index contributed by atoms with van der Waals surface area (Å²) >= 11 is 0. The molecule has 1 rings (SSSR count). The van der Waals surface area contributed by atoms with Gasteiger partial charge in [-0.25, -0.2) is 0 Å². The number of hydrogen-bond acceptors (Lipinski definition) is 1. The van der Waals surface area contributed by atoms with Gasteiger partial charge >= 0.3 is 0 Å². The quantitative estimate of drug-likeness (QED) is 0.681. The molecule has 1 aromatic rings. The molecule has 1 aromatic carbocycles. The highest BCUT2D eigenvalue weighted by Crippen LogP contribution is 2.21. The summed E-state index contributed by atoms with van der Waals surface area (Å²) in [4.78, 5) is 0. The van der Waals surface area contributed by atoms with E-state index in [4.69, 9.17) is 4.43 Å². The first-order valence-corrected chi connectivity index (χ1v) is 8.24. The van der Waals surface area contributed by atoms with E-state index in [0.717, 1.165) is 16.9 Å². The fourth-order valence-electron chi connectivity index (χ4n) is 1.18. The molecule has 2 heteroatoms. The van der Waals surface area contributed by atoms with Gasteiger partial charge in [0, 0.05) is 0 Å². The lowest BCUT2D eigenvalue weighted by Crippen LogP contribution is -2.29. The molecule has 0 aliphatic carbocycles. The molecule has 0 saturated heterocycles. The van der Waals surface area contributed by atoms with E-state index in [1.54, 1.807) is 0 Å². The van der Waals surface area contributed by atoms with Gasteiger partial charge in [0.15, 0.2) is 0 Å². The summed E-state index contributed by atoms with van der Waals surface area (Å²) in [5, 5.41) is 0. The van der Waals surface area contributed by atoms with Crippen molar-refractivity contribution in [1.82, 2.24) is 0 Å². The van der Waals surface area contributed by atoms with Gasteiger partial charge in [-0.2, -0.15) is 0 Å². The number of allylic oxidation sites excluding steroid dienone is 1. The standard InChI is InChI=1S/C12H18OSi/c1-10(2)11-7-6-8-12(9-11)13-14(3,4)5/h6-9H,1H2,2-5H3. The third kappa shape index (κ3) is 3.38. The van der Waals surface area contributed by atoms with Crippen LogP contribution in [-0.4, -0.2) is 8.32 Å². The maximum atomic E-state index is 5.89. The first-order chi connectivity index (χ1) is 6.38. The first-order valence-electron chi connectivity index (χ1n) is 4.83. The van der Waals surface area contributed by atoms with Crippen LogP contribution in [-0.2, 0) is 0 Å². The van der Waals surface area contributed by atoms with Crippen molar-refractivity contribution in [2.45, 2.75) is 26.6 Å². The van der Waals surface area contributed by atoms with Crippen molar-refractivity contribution in [3.63, 3.8) is 0 Å². The molecule has 76 valence electrons. The Bertz CT molecular complexity index is 336. The van der Waals surface area contributed by atoms with Crippen LogP contribution < -0.4 is 4.43 Å². The minimum Gasteiger partial charge on any atom is -0.544 e. The smallest absolute Gasteiger partial charge is 0.242 e. The summed E-state index contributed by atoms with van der Waals surface area (Å²) in [6.45, 7) is 12.5. The summed E-state index contributed by atoms with van der Waals surface area (Å²) in [6.07, 6.45) is 0. The van der Waals surface area contributed by atoms with Gasteiger partial charge in [0.25, 0.3) is 0 Å². The number of hydrogen-bond donors (Lipinski definition) is 0. The normalized spacial score (nSPS) is 11.1. The molecule has 0 fully saturated rings. The van der Waals surface area contributed by atoms with Crippen LogP contribution in [0.25, 0.3) is 5.57 Å². The van der Waals surface area contributed by atoms with Crippen molar-refractivity contribution in [3.8, 4) is 5.75 Å². The molecule has 0 aliphatic heterocycles. The van der Waals surface area contributed by atoms with E-state index in [-0.39, 0.29) is 0 Å². The van der Waals surface area contributed by atoms with Crippen molar-refractivity contribution in [2.24, 2.45) is 0 Å². The summed E-state index contributed by atoms with van der Waals surface area (Å²) in [7, 11) is -1.49. The van der Waals surface area contributed by atoms with Gasteiger partial charge in [-0.05, 0) is 44.3 Å². The molecule has 0 unspecified atom stereocenters. The van der Waals surface area contributed by atoms with Crippen LogP contribution in [0.5, 0.6) is 5.75 Å². The van der Waals surface area contributed by atoms with E-state index in [1.165, 1.54) is 0 Å². The fraction of sp³-hybridized carbons (Fsp3) is 0.333. The molecular weight excluding hydrogens is 188 g/mol. The van der Waals surface area contributed by atoms with Gasteiger partial charge in [0.1, 0.15) is 5.75 Å². The van der Waals surface area contributed by atoms with E-state index in [0.29, 0.717) is 0 Å². The van der Waals surface area contributed by atoms with Crippen molar-refractivity contribution >= 4 is 13.9 Å². The lowest BCUT2D eigenvalue weighted by atomic mass is 10.1. The second kappa shape index (κ2) is 4.01. The van der Waals surface area contributed by atoms with Crippen molar-refractivity contribution in [3.05, 3.63) is 36.4 Å². The molecule has 0 atom stereocenters. The van der Waals surface area contributed by atoms with E-state index in [2.05, 4.69) is 38.4 Å². The molecule has 0 amide bonds. The Labute approximate surface area is 87.5 Å². The minimum atomic E-state index is -1.49. The van der Waals surface area contributed by atoms with Crippen molar-refractivity contribution in [1.29, 1.82) is 0 Å². The van der Waals surface area contributed by atoms with Crippen LogP contribution in [0.15, 0.2) is 30.8 Å². The predicted octanol–water partition coefficient (Wildman–Crippen LogP) is 3.93. The summed E-state index contributed by atoms with van der Waals surface area (Å²) < 4.78 is 5.89. The fourth-order valence-corrected chi connectivity index (χ4v) is 2.01. The Morgan fingerprint density at radius 2 is 1.93 bits per heavy atom. The summed E-state index contributed by atoms with van der Waals surface area (Å²) in [5.74, 6) is 0.963. The van der Waals surface area contributed by atoms with Gasteiger partial charge in [-0.15, -0.1) is 0 Å². The molecule has 0 heterocycles. The molecule has 0 saturated carbocycles. The van der Waals surface area contributed by atoms with Crippen LogP contribution in [0.3, 0.4) is 0 Å². The van der Waals surface area contributed by atoms with Crippen molar-refractivity contribution in [2.75, 3.05) is 0 Å². The zero-order valence-corrected chi connectivity index (χ0v) is 10.4. The average Bonchev–Trinajstić information content (AvgIpc) is 2.01. The average molecular weight is 206 g/mol. The molecule has 14 heavy (non-hydrogen) atoms. The number of rotatable bonds is 3. The largest absolute Gasteiger partial charge is 0.544 e. The second-order valence-electron chi connectivity index (χ2n) is 4.52. The molecule has 0 spiro atoms. The lowest BCUT2D eigenvalue weighted by Gasteiger charge is -2.19. The zero-order valence-electron chi connectivity index (χ0n) is 9.42. The third-order valence-corrected chi connectivity index (χ3v) is 2.60. The number of benzene rings is 1. The Morgan fingerprint density at radius 1 is 1.29 bits per heavy atom. The summed E-state index contributed by atoms with van der Waals surface area (Å²) in [6, 6.07) is 8.13. The van der Waals surface area contributed by atoms with Gasteiger partial charge < -0.3 is 4.43 Å². The van der Waals surface area contributed by atoms with Gasteiger partial charge in [0.2, 0.25) is 8.32 Å². The van der Waals surface area contributed by atoms with E-state index in [1.807, 2.05) is 19.1 Å². The molecule has 0 N–H and O–H groups in total. The Kier molecular flexibility index (Phi) is 3.16. The molecule has 0 radical (unpaired) electrons. The Hall–Kier alpha value is -1.02. The topological polar surface area (TPSA) is 9.23 Å². The monoisotopic (exact) mass is 206 g/mol. The van der Waals surface area contributed by atoms with E-state index in [9.17, 15) is 0 Å². The molecular formula is C12H18OSi. The Morgan fingerprint density at radius 3 is 2.43 bits per heavy atom. The molecule has 0 aliphatic rings. The van der Waals surface area contributed by atoms with E-state index < -0.39 is 8.32 Å². The van der Waals surface area contributed by atoms with Crippen LogP contribution in [0.2, 0.25) is 19.6 Å². The minimum absolute atomic E-state index is 0.963. The highest BCUT2D eigenvalue weighted by Gasteiger charge is 2.16. The molecule has 1 nitrogen and oxygen atoms in total. The first kappa shape index (κ1) is 11.1. The van der Waals surface area contributed by atoms with Gasteiger partial charge in [-0.3, -0.25) is 0 Å². The van der Waals surface area contributed by atoms with Crippen LogP contribution in [0.1, 0.15) is 12.5 Å². The highest BCUT2D eigenvalue weighted by atomic mass is 28.4. The SMILES string of the molecule is C=C(C)c1cccc(O[Si](C)(C)C)c1. The van der Waals surface area contributed by atoms with Crippen molar-refractivity contribution < 1.29 is 4.43 Å². The lowest BCUT2D eigenvalue weighted by molar-refractivity contribution is 0.557.